The van der Waals surface area contributed by atoms with Crippen LogP contribution in [0.1, 0.15) is 17.5 Å². The molecule has 0 amide bonds. The number of aryl methyl sites for hydroxylation is 1. The molecule has 1 N–H and O–H groups in total. The topological polar surface area (TPSA) is 76.4 Å². The van der Waals surface area contributed by atoms with Crippen molar-refractivity contribution in [3.63, 3.8) is 0 Å². The number of hydrogen-bond donors (Lipinski definition) is 1. The standard InChI is InChI=1S/C16H22N4O2S.ClH/c1-13-10-16(3-2-14(13)11-17)23(21,22)20-8-6-19(7-9-20)15-4-5-18-12-15;/h2-3,10,15,18H,4-9,12H2,1H3;1H. The first-order valence-corrected chi connectivity index (χ1v) is 9.42. The van der Waals surface area contributed by atoms with Crippen LogP contribution >= 0.6 is 12.4 Å². The number of hydrogen-bond acceptors (Lipinski definition) is 5. The van der Waals surface area contributed by atoms with Crippen LogP contribution < -0.4 is 5.32 Å². The van der Waals surface area contributed by atoms with Gasteiger partial charge in [0.25, 0.3) is 0 Å². The van der Waals surface area contributed by atoms with E-state index >= 15 is 0 Å². The summed E-state index contributed by atoms with van der Waals surface area (Å²) < 4.78 is 27.1. The molecule has 3 rings (SSSR count). The lowest BCUT2D eigenvalue weighted by Gasteiger charge is -2.37. The minimum absolute atomic E-state index is 0. The molecule has 0 aromatic heterocycles. The first kappa shape index (κ1) is 19.2. The van der Waals surface area contributed by atoms with Gasteiger partial charge in [0, 0.05) is 38.8 Å². The zero-order valence-corrected chi connectivity index (χ0v) is 15.4. The summed E-state index contributed by atoms with van der Waals surface area (Å²) >= 11 is 0. The lowest BCUT2D eigenvalue weighted by molar-refractivity contribution is 0.145. The summed E-state index contributed by atoms with van der Waals surface area (Å²) in [7, 11) is -3.47. The van der Waals surface area contributed by atoms with Crippen LogP contribution in [0, 0.1) is 18.3 Å². The van der Waals surface area contributed by atoms with Gasteiger partial charge in [-0.25, -0.2) is 8.42 Å². The third-order valence-electron chi connectivity index (χ3n) is 4.78. The van der Waals surface area contributed by atoms with Gasteiger partial charge in [0.05, 0.1) is 16.5 Å². The Morgan fingerprint density at radius 2 is 1.96 bits per heavy atom. The number of sulfonamides is 1. The van der Waals surface area contributed by atoms with E-state index in [0.29, 0.717) is 30.3 Å². The Kier molecular flexibility index (Phi) is 6.23. The van der Waals surface area contributed by atoms with E-state index in [4.69, 9.17) is 5.26 Å². The normalized spacial score (nSPS) is 22.8. The SMILES string of the molecule is Cc1cc(S(=O)(=O)N2CCN(C3CCNC3)CC2)ccc1C#N.Cl. The van der Waals surface area contributed by atoms with Gasteiger partial charge in [0.15, 0.2) is 0 Å². The fourth-order valence-electron chi connectivity index (χ4n) is 3.33. The molecule has 1 aromatic carbocycles. The molecule has 1 atom stereocenters. The molecule has 0 bridgehead atoms. The van der Waals surface area contributed by atoms with E-state index in [1.54, 1.807) is 23.4 Å². The van der Waals surface area contributed by atoms with Crippen LogP contribution in [0.25, 0.3) is 0 Å². The van der Waals surface area contributed by atoms with Crippen LogP contribution in [0.2, 0.25) is 0 Å². The molecule has 0 spiro atoms. The molecule has 24 heavy (non-hydrogen) atoms. The molecular formula is C16H23ClN4O2S. The highest BCUT2D eigenvalue weighted by atomic mass is 35.5. The quantitative estimate of drug-likeness (QED) is 0.857. The van der Waals surface area contributed by atoms with Gasteiger partial charge in [-0.05, 0) is 43.7 Å². The van der Waals surface area contributed by atoms with Gasteiger partial charge in [-0.15, -0.1) is 12.4 Å². The Balaban J connectivity index is 0.00000208. The maximum atomic E-state index is 12.8. The van der Waals surface area contributed by atoms with Gasteiger partial charge >= 0.3 is 0 Å². The molecule has 1 aromatic rings. The van der Waals surface area contributed by atoms with Gasteiger partial charge in [-0.2, -0.15) is 9.57 Å². The van der Waals surface area contributed by atoms with Crippen LogP contribution in [-0.4, -0.2) is 62.9 Å². The second kappa shape index (κ2) is 7.81. The Morgan fingerprint density at radius 3 is 2.50 bits per heavy atom. The van der Waals surface area contributed by atoms with E-state index in [-0.39, 0.29) is 17.3 Å². The molecule has 0 aliphatic carbocycles. The number of nitriles is 1. The lowest BCUT2D eigenvalue weighted by Crippen LogP contribution is -2.52. The van der Waals surface area contributed by atoms with Crippen LogP contribution in [-0.2, 0) is 10.0 Å². The summed E-state index contributed by atoms with van der Waals surface area (Å²) in [5, 5.41) is 12.3. The first-order chi connectivity index (χ1) is 11.0. The van der Waals surface area contributed by atoms with Gasteiger partial charge < -0.3 is 5.32 Å². The average molecular weight is 371 g/mol. The van der Waals surface area contributed by atoms with Gasteiger partial charge in [-0.3, -0.25) is 4.90 Å². The third kappa shape index (κ3) is 3.73. The molecule has 2 aliphatic rings. The maximum Gasteiger partial charge on any atom is 0.243 e. The molecule has 2 heterocycles. The van der Waals surface area contributed by atoms with Crippen molar-refractivity contribution in [2.45, 2.75) is 24.3 Å². The van der Waals surface area contributed by atoms with Crippen molar-refractivity contribution < 1.29 is 8.42 Å². The summed E-state index contributed by atoms with van der Waals surface area (Å²) in [6, 6.07) is 7.33. The molecule has 0 radical (unpaired) electrons. The van der Waals surface area contributed by atoms with Crippen LogP contribution in [0.15, 0.2) is 23.1 Å². The zero-order chi connectivity index (χ0) is 16.4. The van der Waals surface area contributed by atoms with Crippen molar-refractivity contribution in [3.05, 3.63) is 29.3 Å². The molecule has 2 saturated heterocycles. The number of benzene rings is 1. The predicted molar refractivity (Wildman–Crippen MR) is 94.7 cm³/mol. The van der Waals surface area contributed by atoms with E-state index in [1.807, 2.05) is 0 Å². The minimum Gasteiger partial charge on any atom is -0.315 e. The first-order valence-electron chi connectivity index (χ1n) is 7.98. The summed E-state index contributed by atoms with van der Waals surface area (Å²) in [5.74, 6) is 0. The molecule has 6 nitrogen and oxygen atoms in total. The number of nitrogens with one attached hydrogen (secondary N) is 1. The van der Waals surface area contributed by atoms with E-state index < -0.39 is 10.0 Å². The van der Waals surface area contributed by atoms with Crippen molar-refractivity contribution in [1.29, 1.82) is 5.26 Å². The fraction of sp³-hybridized carbons (Fsp3) is 0.562. The molecule has 1 unspecified atom stereocenters. The Bertz CT molecular complexity index is 718. The largest absolute Gasteiger partial charge is 0.315 e. The summed E-state index contributed by atoms with van der Waals surface area (Å²) in [6.07, 6.45) is 1.14. The third-order valence-corrected chi connectivity index (χ3v) is 6.67. The number of halogens is 1. The summed E-state index contributed by atoms with van der Waals surface area (Å²) in [6.45, 7) is 6.43. The molecule has 0 saturated carbocycles. The number of nitrogens with zero attached hydrogens (tertiary/aromatic N) is 3. The fourth-order valence-corrected chi connectivity index (χ4v) is 4.84. The molecule has 132 valence electrons. The maximum absolute atomic E-state index is 12.8. The summed E-state index contributed by atoms with van der Waals surface area (Å²) in [4.78, 5) is 2.67. The Hall–Kier alpha value is -1.17. The van der Waals surface area contributed by atoms with Crippen molar-refractivity contribution in [2.24, 2.45) is 0 Å². The molecule has 2 fully saturated rings. The van der Waals surface area contributed by atoms with Gasteiger partial charge in [0.1, 0.15) is 0 Å². The highest BCUT2D eigenvalue weighted by Crippen LogP contribution is 2.21. The number of piperazine rings is 1. The van der Waals surface area contributed by atoms with E-state index in [0.717, 1.165) is 32.6 Å². The number of rotatable bonds is 3. The van der Waals surface area contributed by atoms with E-state index in [2.05, 4.69) is 16.3 Å². The monoisotopic (exact) mass is 370 g/mol. The van der Waals surface area contributed by atoms with Crippen molar-refractivity contribution in [2.75, 3.05) is 39.3 Å². The Labute approximate surface area is 149 Å². The minimum atomic E-state index is -3.47. The van der Waals surface area contributed by atoms with Crippen molar-refractivity contribution >= 4 is 22.4 Å². The second-order valence-corrected chi connectivity index (χ2v) is 8.11. The zero-order valence-electron chi connectivity index (χ0n) is 13.7. The van der Waals surface area contributed by atoms with Gasteiger partial charge in [0.2, 0.25) is 10.0 Å². The smallest absolute Gasteiger partial charge is 0.243 e. The highest BCUT2D eigenvalue weighted by Gasteiger charge is 2.32. The predicted octanol–water partition coefficient (Wildman–Crippen LogP) is 0.957. The van der Waals surface area contributed by atoms with Gasteiger partial charge in [-0.1, -0.05) is 0 Å². The van der Waals surface area contributed by atoms with Crippen LogP contribution in [0.4, 0.5) is 0 Å². The van der Waals surface area contributed by atoms with Crippen LogP contribution in [0.3, 0.4) is 0 Å². The Morgan fingerprint density at radius 1 is 1.25 bits per heavy atom. The van der Waals surface area contributed by atoms with Crippen LogP contribution in [0.5, 0.6) is 0 Å². The second-order valence-electron chi connectivity index (χ2n) is 6.18. The average Bonchev–Trinajstić information content (AvgIpc) is 3.09. The summed E-state index contributed by atoms with van der Waals surface area (Å²) in [5.41, 5.74) is 1.21. The molecular weight excluding hydrogens is 348 g/mol. The van der Waals surface area contributed by atoms with E-state index in [9.17, 15) is 8.42 Å². The highest BCUT2D eigenvalue weighted by molar-refractivity contribution is 7.89. The van der Waals surface area contributed by atoms with Crippen molar-refractivity contribution in [1.82, 2.24) is 14.5 Å². The van der Waals surface area contributed by atoms with E-state index in [1.165, 1.54) is 6.07 Å². The molecule has 8 heteroatoms. The lowest BCUT2D eigenvalue weighted by atomic mass is 10.1. The van der Waals surface area contributed by atoms with Crippen molar-refractivity contribution in [3.8, 4) is 6.07 Å². The molecule has 2 aliphatic heterocycles.